The van der Waals surface area contributed by atoms with Crippen LogP contribution in [0.15, 0.2) is 45.5 Å². The summed E-state index contributed by atoms with van der Waals surface area (Å²) >= 11 is 0. The maximum atomic E-state index is 11.8. The number of aromatic nitrogens is 3. The summed E-state index contributed by atoms with van der Waals surface area (Å²) in [7, 11) is 0. The molecule has 3 aromatic rings. The topological polar surface area (TPSA) is 85.3 Å². The molecule has 0 unspecified atom stereocenters. The molecule has 2 aliphatic rings. The van der Waals surface area contributed by atoms with Gasteiger partial charge in [-0.3, -0.25) is 4.79 Å². The van der Waals surface area contributed by atoms with Crippen molar-refractivity contribution in [2.75, 3.05) is 13.1 Å². The van der Waals surface area contributed by atoms with E-state index >= 15 is 0 Å². The van der Waals surface area contributed by atoms with Crippen molar-refractivity contribution in [3.05, 3.63) is 65.5 Å². The highest BCUT2D eigenvalue weighted by atomic mass is 16.5. The first-order chi connectivity index (χ1) is 14.1. The molecule has 0 spiro atoms. The minimum atomic E-state index is -0.376. The highest BCUT2D eigenvalue weighted by Crippen LogP contribution is 2.41. The number of benzene rings is 1. The number of oxazole rings is 1. The maximum Gasteiger partial charge on any atom is 0.237 e. The van der Waals surface area contributed by atoms with Gasteiger partial charge in [-0.1, -0.05) is 35.5 Å². The summed E-state index contributed by atoms with van der Waals surface area (Å²) in [5.74, 6) is 3.39. The van der Waals surface area contributed by atoms with Crippen molar-refractivity contribution in [3.63, 3.8) is 0 Å². The number of carbonyl (C=O) groups is 1. The number of rotatable bonds is 5. The average Bonchev–Trinajstić information content (AvgIpc) is 3.31. The van der Waals surface area contributed by atoms with Crippen molar-refractivity contribution in [2.24, 2.45) is 0 Å². The third-order valence-electron chi connectivity index (χ3n) is 6.10. The third kappa shape index (κ3) is 3.45. The average molecular weight is 392 g/mol. The Hall–Kier alpha value is -2.96. The third-order valence-corrected chi connectivity index (χ3v) is 6.10. The van der Waals surface area contributed by atoms with Crippen LogP contribution in [0.4, 0.5) is 0 Å². The summed E-state index contributed by atoms with van der Waals surface area (Å²) in [6.07, 6.45) is 6.06. The van der Waals surface area contributed by atoms with Crippen LogP contribution >= 0.6 is 0 Å². The van der Waals surface area contributed by atoms with Gasteiger partial charge in [0.2, 0.25) is 11.8 Å². The molecule has 5 rings (SSSR count). The fourth-order valence-corrected chi connectivity index (χ4v) is 4.19. The van der Waals surface area contributed by atoms with Crippen LogP contribution in [0.25, 0.3) is 0 Å². The molecule has 1 aliphatic carbocycles. The predicted molar refractivity (Wildman–Crippen MR) is 104 cm³/mol. The Morgan fingerprint density at radius 1 is 1.21 bits per heavy atom. The Morgan fingerprint density at radius 3 is 2.66 bits per heavy atom. The number of amides is 1. The summed E-state index contributed by atoms with van der Waals surface area (Å²) in [5.41, 5.74) is 0.771. The molecule has 150 valence electrons. The molecular formula is C22H24N4O3. The molecule has 0 atom stereocenters. The normalized spacial score (nSPS) is 18.7. The van der Waals surface area contributed by atoms with Crippen molar-refractivity contribution < 1.29 is 13.7 Å². The zero-order valence-electron chi connectivity index (χ0n) is 16.5. The van der Waals surface area contributed by atoms with Crippen molar-refractivity contribution in [2.45, 2.75) is 50.4 Å². The van der Waals surface area contributed by atoms with Gasteiger partial charge in [0.1, 0.15) is 5.76 Å². The zero-order valence-corrected chi connectivity index (χ0v) is 16.5. The van der Waals surface area contributed by atoms with E-state index in [1.165, 1.54) is 0 Å². The van der Waals surface area contributed by atoms with E-state index in [-0.39, 0.29) is 11.3 Å². The van der Waals surface area contributed by atoms with E-state index in [0.717, 1.165) is 42.9 Å². The lowest BCUT2D eigenvalue weighted by atomic mass is 9.72. The molecule has 7 heteroatoms. The van der Waals surface area contributed by atoms with E-state index < -0.39 is 0 Å². The van der Waals surface area contributed by atoms with E-state index in [2.05, 4.69) is 22.3 Å². The van der Waals surface area contributed by atoms with E-state index in [0.29, 0.717) is 37.1 Å². The molecule has 0 N–H and O–H groups in total. The van der Waals surface area contributed by atoms with Crippen LogP contribution in [-0.4, -0.2) is 39.0 Å². The maximum absolute atomic E-state index is 11.8. The smallest absolute Gasteiger partial charge is 0.237 e. The second-order valence-corrected chi connectivity index (χ2v) is 8.09. The number of piperidine rings is 1. The van der Waals surface area contributed by atoms with Gasteiger partial charge in [0.05, 0.1) is 18.0 Å². The van der Waals surface area contributed by atoms with E-state index in [1.54, 1.807) is 13.1 Å². The number of nitrogens with zero attached hydrogens (tertiary/aromatic N) is 4. The van der Waals surface area contributed by atoms with Gasteiger partial charge in [-0.2, -0.15) is 4.98 Å². The molecule has 7 nitrogen and oxygen atoms in total. The van der Waals surface area contributed by atoms with Crippen molar-refractivity contribution in [3.8, 4) is 0 Å². The monoisotopic (exact) mass is 392 g/mol. The van der Waals surface area contributed by atoms with E-state index in [9.17, 15) is 4.79 Å². The Balaban J connectivity index is 1.41. The van der Waals surface area contributed by atoms with Crippen LogP contribution in [-0.2, 0) is 16.6 Å². The van der Waals surface area contributed by atoms with Gasteiger partial charge < -0.3 is 13.8 Å². The molecule has 0 radical (unpaired) electrons. The molecule has 0 bridgehead atoms. The summed E-state index contributed by atoms with van der Waals surface area (Å²) in [6, 6.07) is 10.3. The standard InChI is InChI=1S/C22H24N4O3/c1-15(27)26-11-9-22(10-12-26,17-5-3-2-4-6-17)21-24-19(25-29-21)13-18-14-23-20(28-18)16-7-8-16/h2-6,14,16H,7-13H2,1H3. The minimum absolute atomic E-state index is 0.106. The predicted octanol–water partition coefficient (Wildman–Crippen LogP) is 3.45. The molecule has 1 aliphatic heterocycles. The second-order valence-electron chi connectivity index (χ2n) is 8.09. The Labute approximate surface area is 169 Å². The SMILES string of the molecule is CC(=O)N1CCC(c2ccccc2)(c2nc(Cc3cnc(C4CC4)o3)no2)CC1. The number of carbonyl (C=O) groups excluding carboxylic acids is 1. The quantitative estimate of drug-likeness (QED) is 0.661. The molecule has 1 saturated carbocycles. The van der Waals surface area contributed by atoms with Gasteiger partial charge in [0, 0.05) is 25.9 Å². The van der Waals surface area contributed by atoms with Gasteiger partial charge in [0.15, 0.2) is 11.7 Å². The molecule has 1 aromatic carbocycles. The van der Waals surface area contributed by atoms with Crippen LogP contribution in [0, 0.1) is 0 Å². The van der Waals surface area contributed by atoms with Crippen LogP contribution in [0.5, 0.6) is 0 Å². The van der Waals surface area contributed by atoms with E-state index in [4.69, 9.17) is 13.9 Å². The summed E-state index contributed by atoms with van der Waals surface area (Å²) in [4.78, 5) is 22.8. The molecule has 2 fully saturated rings. The number of hydrogen-bond donors (Lipinski definition) is 0. The highest BCUT2D eigenvalue weighted by Gasteiger charge is 2.43. The molecule has 3 heterocycles. The largest absolute Gasteiger partial charge is 0.445 e. The summed E-state index contributed by atoms with van der Waals surface area (Å²) in [6.45, 7) is 2.97. The van der Waals surface area contributed by atoms with Crippen LogP contribution in [0.3, 0.4) is 0 Å². The van der Waals surface area contributed by atoms with Crippen LogP contribution in [0.2, 0.25) is 0 Å². The lowest BCUT2D eigenvalue weighted by Crippen LogP contribution is -2.45. The number of likely N-dealkylation sites (tertiary alicyclic amines) is 1. The van der Waals surface area contributed by atoms with Gasteiger partial charge in [-0.25, -0.2) is 4.98 Å². The fraction of sp³-hybridized carbons (Fsp3) is 0.455. The van der Waals surface area contributed by atoms with Gasteiger partial charge >= 0.3 is 0 Å². The van der Waals surface area contributed by atoms with Crippen molar-refractivity contribution >= 4 is 5.91 Å². The van der Waals surface area contributed by atoms with Crippen molar-refractivity contribution in [1.29, 1.82) is 0 Å². The van der Waals surface area contributed by atoms with Crippen LogP contribution < -0.4 is 0 Å². The fourth-order valence-electron chi connectivity index (χ4n) is 4.19. The first-order valence-electron chi connectivity index (χ1n) is 10.2. The molecule has 1 saturated heterocycles. The lowest BCUT2D eigenvalue weighted by Gasteiger charge is -2.39. The first kappa shape index (κ1) is 18.1. The first-order valence-corrected chi connectivity index (χ1v) is 10.2. The second kappa shape index (κ2) is 7.13. The number of hydrogen-bond acceptors (Lipinski definition) is 6. The van der Waals surface area contributed by atoms with Gasteiger partial charge in [0.25, 0.3) is 0 Å². The molecule has 29 heavy (non-hydrogen) atoms. The Kier molecular flexibility index (Phi) is 4.45. The zero-order chi connectivity index (χ0) is 19.8. The molecule has 1 amide bonds. The van der Waals surface area contributed by atoms with E-state index in [1.807, 2.05) is 23.1 Å². The van der Waals surface area contributed by atoms with Crippen LogP contribution in [0.1, 0.15) is 67.5 Å². The molecular weight excluding hydrogens is 368 g/mol. The summed E-state index contributed by atoms with van der Waals surface area (Å²) in [5, 5.41) is 4.23. The van der Waals surface area contributed by atoms with Gasteiger partial charge in [-0.15, -0.1) is 0 Å². The van der Waals surface area contributed by atoms with Crippen molar-refractivity contribution in [1.82, 2.24) is 20.0 Å². The Morgan fingerprint density at radius 2 is 1.97 bits per heavy atom. The highest BCUT2D eigenvalue weighted by molar-refractivity contribution is 5.73. The Bertz CT molecular complexity index is 998. The molecule has 2 aromatic heterocycles. The summed E-state index contributed by atoms with van der Waals surface area (Å²) < 4.78 is 11.6. The lowest BCUT2D eigenvalue weighted by molar-refractivity contribution is -0.130. The minimum Gasteiger partial charge on any atom is -0.445 e. The van der Waals surface area contributed by atoms with Gasteiger partial charge in [-0.05, 0) is 31.2 Å².